The van der Waals surface area contributed by atoms with Crippen molar-refractivity contribution in [3.63, 3.8) is 0 Å². The van der Waals surface area contributed by atoms with Crippen molar-refractivity contribution in [1.29, 1.82) is 5.26 Å². The van der Waals surface area contributed by atoms with E-state index in [9.17, 15) is 10.4 Å². The summed E-state index contributed by atoms with van der Waals surface area (Å²) in [5.41, 5.74) is 1.20. The number of anilines is 1. The smallest absolute Gasteiger partial charge is 0.0998 e. The van der Waals surface area contributed by atoms with Crippen molar-refractivity contribution >= 4 is 16.5 Å². The Kier molecular flexibility index (Phi) is 3.71. The first-order chi connectivity index (χ1) is 11.6. The molecular weight excluding hydrogens is 300 g/mol. The van der Waals surface area contributed by atoms with E-state index in [1.54, 1.807) is 7.11 Å². The monoisotopic (exact) mass is 322 g/mol. The topological polar surface area (TPSA) is 56.5 Å². The van der Waals surface area contributed by atoms with Crippen LogP contribution in [-0.2, 0) is 4.74 Å². The van der Waals surface area contributed by atoms with Gasteiger partial charge in [-0.15, -0.1) is 0 Å². The second-order valence-corrected chi connectivity index (χ2v) is 7.15. The Balaban J connectivity index is 1.76. The molecule has 2 fully saturated rings. The van der Waals surface area contributed by atoms with Crippen molar-refractivity contribution in [2.75, 3.05) is 18.6 Å². The molecule has 2 heterocycles. The molecule has 2 aliphatic rings. The summed E-state index contributed by atoms with van der Waals surface area (Å²) in [6, 6.07) is 15.1. The van der Waals surface area contributed by atoms with Gasteiger partial charge in [-0.25, -0.2) is 0 Å². The van der Waals surface area contributed by atoms with Gasteiger partial charge in [0.05, 0.1) is 23.8 Å². The van der Waals surface area contributed by atoms with Crippen LogP contribution < -0.4 is 4.90 Å². The van der Waals surface area contributed by atoms with Crippen molar-refractivity contribution in [3.05, 3.63) is 42.0 Å². The standard InChI is InChI=1S/C20H22N2O2/c1-24-13-20(23)10-15-7-8-16(11-20)22(15)19-9-6-14(12-21)17-4-2-3-5-18(17)19/h2-6,9,15-16,23H,7-8,10-11,13H2,1H3. The summed E-state index contributed by atoms with van der Waals surface area (Å²) < 4.78 is 5.25. The molecule has 0 saturated carbocycles. The maximum absolute atomic E-state index is 10.8. The van der Waals surface area contributed by atoms with Crippen molar-refractivity contribution < 1.29 is 9.84 Å². The molecule has 124 valence electrons. The molecule has 4 rings (SSSR count). The molecule has 2 unspecified atom stereocenters. The first-order valence-corrected chi connectivity index (χ1v) is 8.57. The third-order valence-corrected chi connectivity index (χ3v) is 5.56. The molecule has 2 aliphatic heterocycles. The number of hydrogen-bond acceptors (Lipinski definition) is 4. The molecule has 2 aromatic carbocycles. The average Bonchev–Trinajstić information content (AvgIpc) is 2.86. The minimum Gasteiger partial charge on any atom is -0.387 e. The van der Waals surface area contributed by atoms with E-state index in [-0.39, 0.29) is 0 Å². The van der Waals surface area contributed by atoms with Crippen LogP contribution in [-0.4, -0.2) is 36.5 Å². The SMILES string of the molecule is COCC1(O)CC2CCC(C1)N2c1ccc(C#N)c2ccccc12. The second-order valence-electron chi connectivity index (χ2n) is 7.15. The molecule has 2 bridgehead atoms. The van der Waals surface area contributed by atoms with Crippen LogP contribution in [0.25, 0.3) is 10.8 Å². The van der Waals surface area contributed by atoms with Crippen LogP contribution in [0, 0.1) is 11.3 Å². The zero-order valence-corrected chi connectivity index (χ0v) is 13.9. The zero-order valence-electron chi connectivity index (χ0n) is 13.9. The molecule has 4 heteroatoms. The molecule has 2 aromatic rings. The Bertz CT molecular complexity index is 797. The molecule has 1 N–H and O–H groups in total. The highest BCUT2D eigenvalue weighted by atomic mass is 16.5. The molecule has 0 aliphatic carbocycles. The Labute approximate surface area is 142 Å². The van der Waals surface area contributed by atoms with Crippen molar-refractivity contribution in [2.45, 2.75) is 43.4 Å². The van der Waals surface area contributed by atoms with Gasteiger partial charge in [0.25, 0.3) is 0 Å². The molecule has 2 atom stereocenters. The fraction of sp³-hybridized carbons (Fsp3) is 0.450. The lowest BCUT2D eigenvalue weighted by molar-refractivity contribution is -0.0570. The van der Waals surface area contributed by atoms with Crippen LogP contribution >= 0.6 is 0 Å². The number of fused-ring (bicyclic) bond motifs is 3. The van der Waals surface area contributed by atoms with Gasteiger partial charge in [-0.05, 0) is 37.8 Å². The van der Waals surface area contributed by atoms with E-state index < -0.39 is 5.60 Å². The number of nitriles is 1. The molecule has 24 heavy (non-hydrogen) atoms. The molecule has 0 spiro atoms. The minimum atomic E-state index is -0.709. The first kappa shape index (κ1) is 15.4. The van der Waals surface area contributed by atoms with Crippen LogP contribution in [0.2, 0.25) is 0 Å². The van der Waals surface area contributed by atoms with Crippen molar-refractivity contribution in [2.24, 2.45) is 0 Å². The van der Waals surface area contributed by atoms with E-state index in [4.69, 9.17) is 4.74 Å². The largest absolute Gasteiger partial charge is 0.387 e. The summed E-state index contributed by atoms with van der Waals surface area (Å²) in [6.07, 6.45) is 3.69. The summed E-state index contributed by atoms with van der Waals surface area (Å²) in [6.45, 7) is 0.405. The Morgan fingerprint density at radius 1 is 1.17 bits per heavy atom. The van der Waals surface area contributed by atoms with E-state index in [1.165, 1.54) is 5.69 Å². The highest BCUT2D eigenvalue weighted by molar-refractivity contribution is 5.98. The van der Waals surface area contributed by atoms with Gasteiger partial charge in [-0.2, -0.15) is 5.26 Å². The normalized spacial score (nSPS) is 29.0. The predicted molar refractivity (Wildman–Crippen MR) is 94.0 cm³/mol. The summed E-state index contributed by atoms with van der Waals surface area (Å²) in [4.78, 5) is 2.48. The summed E-state index contributed by atoms with van der Waals surface area (Å²) >= 11 is 0. The maximum Gasteiger partial charge on any atom is 0.0998 e. The van der Waals surface area contributed by atoms with Gasteiger partial charge in [0.1, 0.15) is 0 Å². The van der Waals surface area contributed by atoms with Crippen LogP contribution in [0.1, 0.15) is 31.2 Å². The number of aliphatic hydroxyl groups is 1. The van der Waals surface area contributed by atoms with Gasteiger partial charge in [0, 0.05) is 35.7 Å². The van der Waals surface area contributed by atoms with Crippen molar-refractivity contribution in [3.8, 4) is 6.07 Å². The van der Waals surface area contributed by atoms with Gasteiger partial charge < -0.3 is 14.7 Å². The Morgan fingerprint density at radius 2 is 1.83 bits per heavy atom. The van der Waals surface area contributed by atoms with E-state index in [1.807, 2.05) is 24.3 Å². The van der Waals surface area contributed by atoms with Crippen molar-refractivity contribution in [1.82, 2.24) is 0 Å². The predicted octanol–water partition coefficient (Wildman–Crippen LogP) is 3.22. The fourth-order valence-corrected chi connectivity index (χ4v) is 4.71. The number of nitrogens with zero attached hydrogens (tertiary/aromatic N) is 2. The third kappa shape index (κ3) is 2.36. The maximum atomic E-state index is 10.8. The molecule has 0 radical (unpaired) electrons. The van der Waals surface area contributed by atoms with E-state index in [0.29, 0.717) is 18.7 Å². The quantitative estimate of drug-likeness (QED) is 0.942. The van der Waals surface area contributed by atoms with Gasteiger partial charge in [-0.1, -0.05) is 24.3 Å². The number of piperidine rings is 1. The number of hydrogen-bond donors (Lipinski definition) is 1. The number of rotatable bonds is 3. The lowest BCUT2D eigenvalue weighted by atomic mass is 9.86. The summed E-state index contributed by atoms with van der Waals surface area (Å²) in [5, 5.41) is 22.3. The van der Waals surface area contributed by atoms with E-state index in [2.05, 4.69) is 23.1 Å². The zero-order chi connectivity index (χ0) is 16.7. The summed E-state index contributed by atoms with van der Waals surface area (Å²) in [7, 11) is 1.65. The van der Waals surface area contributed by atoms with E-state index in [0.717, 1.165) is 42.0 Å². The average molecular weight is 322 g/mol. The van der Waals surface area contributed by atoms with Gasteiger partial charge in [0.15, 0.2) is 0 Å². The first-order valence-electron chi connectivity index (χ1n) is 8.57. The van der Waals surface area contributed by atoms with Crippen LogP contribution in [0.15, 0.2) is 36.4 Å². The second kappa shape index (κ2) is 5.77. The Morgan fingerprint density at radius 3 is 2.46 bits per heavy atom. The van der Waals surface area contributed by atoms with Gasteiger partial charge >= 0.3 is 0 Å². The van der Waals surface area contributed by atoms with Crippen LogP contribution in [0.3, 0.4) is 0 Å². The molecule has 0 amide bonds. The summed E-state index contributed by atoms with van der Waals surface area (Å²) in [5.74, 6) is 0. The Hall–Kier alpha value is -2.09. The van der Waals surface area contributed by atoms with Crippen LogP contribution in [0.5, 0.6) is 0 Å². The van der Waals surface area contributed by atoms with E-state index >= 15 is 0 Å². The van der Waals surface area contributed by atoms with Gasteiger partial charge in [0.2, 0.25) is 0 Å². The number of methoxy groups -OCH3 is 1. The molecular formula is C20H22N2O2. The molecule has 0 aromatic heterocycles. The third-order valence-electron chi connectivity index (χ3n) is 5.56. The lowest BCUT2D eigenvalue weighted by Crippen LogP contribution is -2.53. The highest BCUT2D eigenvalue weighted by Crippen LogP contribution is 2.45. The van der Waals surface area contributed by atoms with Crippen LogP contribution in [0.4, 0.5) is 5.69 Å². The van der Waals surface area contributed by atoms with Gasteiger partial charge in [-0.3, -0.25) is 0 Å². The molecule has 2 saturated heterocycles. The number of ether oxygens (including phenoxy) is 1. The molecule has 4 nitrogen and oxygen atoms in total. The fourth-order valence-electron chi connectivity index (χ4n) is 4.71. The number of benzene rings is 2. The highest BCUT2D eigenvalue weighted by Gasteiger charge is 2.47. The minimum absolute atomic E-state index is 0.334. The lowest BCUT2D eigenvalue weighted by Gasteiger charge is -2.45.